The maximum absolute atomic E-state index is 11.9. The molecule has 2 rings (SSSR count). The van der Waals surface area contributed by atoms with Crippen LogP contribution < -0.4 is 0 Å². The monoisotopic (exact) mass is 313 g/mol. The zero-order valence-corrected chi connectivity index (χ0v) is 12.2. The molecule has 1 aliphatic heterocycles. The Balaban J connectivity index is 2.12. The number of hydrogen-bond acceptors (Lipinski definition) is 2. The van der Waals surface area contributed by atoms with Crippen molar-refractivity contribution >= 4 is 34.5 Å². The number of likely N-dealkylation sites (tertiary alicyclic amines) is 1. The molecule has 1 unspecified atom stereocenters. The van der Waals surface area contributed by atoms with Gasteiger partial charge in [-0.3, -0.25) is 4.79 Å². The number of hydrogen-bond donors (Lipinski definition) is 1. The van der Waals surface area contributed by atoms with Crippen molar-refractivity contribution < 1.29 is 4.79 Å². The molecule has 0 N–H and O–H groups in total. The third-order valence-electron chi connectivity index (χ3n) is 3.32. The third kappa shape index (κ3) is 2.86. The minimum atomic E-state index is 0.153. The molecular weight excluding hydrogens is 298 g/mol. The van der Waals surface area contributed by atoms with E-state index in [1.165, 1.54) is 5.56 Å². The zero-order valence-electron chi connectivity index (χ0n) is 9.77. The summed E-state index contributed by atoms with van der Waals surface area (Å²) in [6.07, 6.45) is 0.643. The highest BCUT2D eigenvalue weighted by atomic mass is 79.9. The average Bonchev–Trinajstić information content (AvgIpc) is 2.71. The van der Waals surface area contributed by atoms with Crippen LogP contribution in [-0.2, 0) is 4.79 Å². The van der Waals surface area contributed by atoms with Gasteiger partial charge in [-0.05, 0) is 36.3 Å². The maximum Gasteiger partial charge on any atom is 0.223 e. The SMILES string of the molecule is C[C@@H](c1ccc(Br)cc1)N1CC(CS)CC1=O. The molecule has 4 heteroatoms. The summed E-state index contributed by atoms with van der Waals surface area (Å²) in [5.41, 5.74) is 1.18. The molecule has 0 bridgehead atoms. The molecule has 1 aromatic rings. The van der Waals surface area contributed by atoms with E-state index in [0.717, 1.165) is 16.8 Å². The predicted molar refractivity (Wildman–Crippen MR) is 76.2 cm³/mol. The Bertz CT molecular complexity index is 406. The van der Waals surface area contributed by atoms with E-state index in [1.54, 1.807) is 0 Å². The Morgan fingerprint density at radius 3 is 2.65 bits per heavy atom. The standard InChI is InChI=1S/C13H16BrNOS/c1-9(11-2-4-12(14)5-3-11)15-7-10(8-17)6-13(15)16/h2-5,9-10,17H,6-8H2,1H3/t9-,10?/m0/s1. The number of thiol groups is 1. The van der Waals surface area contributed by atoms with Crippen molar-refractivity contribution in [1.82, 2.24) is 4.90 Å². The molecule has 1 fully saturated rings. The van der Waals surface area contributed by atoms with E-state index in [2.05, 4.69) is 47.6 Å². The molecular formula is C13H16BrNOS. The molecule has 1 saturated heterocycles. The maximum atomic E-state index is 11.9. The molecule has 0 aromatic heterocycles. The van der Waals surface area contributed by atoms with Crippen LogP contribution in [0.25, 0.3) is 0 Å². The number of amides is 1. The summed E-state index contributed by atoms with van der Waals surface area (Å²) < 4.78 is 1.06. The van der Waals surface area contributed by atoms with Crippen molar-refractivity contribution in [2.45, 2.75) is 19.4 Å². The highest BCUT2D eigenvalue weighted by molar-refractivity contribution is 9.10. The number of rotatable bonds is 3. The number of benzene rings is 1. The van der Waals surface area contributed by atoms with Crippen molar-refractivity contribution in [3.63, 3.8) is 0 Å². The number of carbonyl (C=O) groups is 1. The Morgan fingerprint density at radius 1 is 1.47 bits per heavy atom. The van der Waals surface area contributed by atoms with E-state index in [-0.39, 0.29) is 11.9 Å². The van der Waals surface area contributed by atoms with Gasteiger partial charge in [-0.15, -0.1) is 0 Å². The fourth-order valence-corrected chi connectivity index (χ4v) is 2.74. The van der Waals surface area contributed by atoms with Gasteiger partial charge >= 0.3 is 0 Å². The molecule has 0 saturated carbocycles. The van der Waals surface area contributed by atoms with Crippen LogP contribution in [-0.4, -0.2) is 23.1 Å². The van der Waals surface area contributed by atoms with Crippen LogP contribution in [0.3, 0.4) is 0 Å². The van der Waals surface area contributed by atoms with Crippen LogP contribution in [0.5, 0.6) is 0 Å². The van der Waals surface area contributed by atoms with Crippen molar-refractivity contribution in [1.29, 1.82) is 0 Å². The normalized spacial score (nSPS) is 21.9. The zero-order chi connectivity index (χ0) is 12.4. The first kappa shape index (κ1) is 13.0. The first-order valence-electron chi connectivity index (χ1n) is 5.77. The van der Waals surface area contributed by atoms with Gasteiger partial charge in [0.1, 0.15) is 0 Å². The van der Waals surface area contributed by atoms with Crippen molar-refractivity contribution in [3.8, 4) is 0 Å². The highest BCUT2D eigenvalue weighted by Gasteiger charge is 2.32. The van der Waals surface area contributed by atoms with Gasteiger partial charge in [-0.2, -0.15) is 12.6 Å². The van der Waals surface area contributed by atoms with Crippen molar-refractivity contribution in [2.24, 2.45) is 5.92 Å². The van der Waals surface area contributed by atoms with Crippen LogP contribution in [0, 0.1) is 5.92 Å². The van der Waals surface area contributed by atoms with E-state index in [9.17, 15) is 4.79 Å². The Morgan fingerprint density at radius 2 is 2.12 bits per heavy atom. The lowest BCUT2D eigenvalue weighted by Crippen LogP contribution is -2.28. The second-order valence-electron chi connectivity index (χ2n) is 4.53. The quantitative estimate of drug-likeness (QED) is 0.849. The lowest BCUT2D eigenvalue weighted by Gasteiger charge is -2.25. The first-order chi connectivity index (χ1) is 8.11. The van der Waals surface area contributed by atoms with Gasteiger partial charge in [0, 0.05) is 17.4 Å². The molecule has 0 spiro atoms. The molecule has 0 aliphatic carbocycles. The summed E-state index contributed by atoms with van der Waals surface area (Å²) in [7, 11) is 0. The van der Waals surface area contributed by atoms with Gasteiger partial charge in [0.05, 0.1) is 6.04 Å². The summed E-state index contributed by atoms with van der Waals surface area (Å²) in [5, 5.41) is 0. The smallest absolute Gasteiger partial charge is 0.223 e. The molecule has 92 valence electrons. The van der Waals surface area contributed by atoms with Gasteiger partial charge in [0.15, 0.2) is 0 Å². The summed E-state index contributed by atoms with van der Waals surface area (Å²) in [6, 6.07) is 8.32. The van der Waals surface area contributed by atoms with Crippen molar-refractivity contribution in [2.75, 3.05) is 12.3 Å². The van der Waals surface area contributed by atoms with Crippen LogP contribution >= 0.6 is 28.6 Å². The molecule has 0 radical (unpaired) electrons. The summed E-state index contributed by atoms with van der Waals surface area (Å²) in [5.74, 6) is 1.44. The van der Waals surface area contributed by atoms with Gasteiger partial charge in [-0.1, -0.05) is 28.1 Å². The largest absolute Gasteiger partial charge is 0.336 e. The highest BCUT2D eigenvalue weighted by Crippen LogP contribution is 2.29. The van der Waals surface area contributed by atoms with Crippen LogP contribution in [0.15, 0.2) is 28.7 Å². The Hall–Kier alpha value is -0.480. The molecule has 2 nitrogen and oxygen atoms in total. The van der Waals surface area contributed by atoms with Gasteiger partial charge in [-0.25, -0.2) is 0 Å². The fraction of sp³-hybridized carbons (Fsp3) is 0.462. The molecule has 1 aliphatic rings. The second-order valence-corrected chi connectivity index (χ2v) is 5.81. The van der Waals surface area contributed by atoms with Crippen LogP contribution in [0.2, 0.25) is 0 Å². The average molecular weight is 314 g/mol. The topological polar surface area (TPSA) is 20.3 Å². The Kier molecular flexibility index (Phi) is 4.15. The number of nitrogens with zero attached hydrogens (tertiary/aromatic N) is 1. The first-order valence-corrected chi connectivity index (χ1v) is 7.20. The minimum Gasteiger partial charge on any atom is -0.336 e. The molecule has 17 heavy (non-hydrogen) atoms. The van der Waals surface area contributed by atoms with Crippen LogP contribution in [0.1, 0.15) is 24.9 Å². The lowest BCUT2D eigenvalue weighted by molar-refractivity contribution is -0.129. The molecule has 1 amide bonds. The fourth-order valence-electron chi connectivity index (χ4n) is 2.23. The summed E-state index contributed by atoms with van der Waals surface area (Å²) >= 11 is 7.70. The van der Waals surface area contributed by atoms with Gasteiger partial charge in [0.2, 0.25) is 5.91 Å². The van der Waals surface area contributed by atoms with E-state index < -0.39 is 0 Å². The van der Waals surface area contributed by atoms with E-state index in [4.69, 9.17) is 0 Å². The van der Waals surface area contributed by atoms with Crippen LogP contribution in [0.4, 0.5) is 0 Å². The van der Waals surface area contributed by atoms with E-state index >= 15 is 0 Å². The number of halogens is 1. The van der Waals surface area contributed by atoms with Gasteiger partial charge < -0.3 is 4.90 Å². The summed E-state index contributed by atoms with van der Waals surface area (Å²) in [4.78, 5) is 13.9. The minimum absolute atomic E-state index is 0.153. The van der Waals surface area contributed by atoms with Gasteiger partial charge in [0.25, 0.3) is 0 Å². The predicted octanol–water partition coefficient (Wildman–Crippen LogP) is 3.29. The second kappa shape index (κ2) is 5.44. The van der Waals surface area contributed by atoms with E-state index in [1.807, 2.05) is 17.0 Å². The molecule has 2 atom stereocenters. The van der Waals surface area contributed by atoms with Crippen molar-refractivity contribution in [3.05, 3.63) is 34.3 Å². The lowest BCUT2D eigenvalue weighted by atomic mass is 10.1. The van der Waals surface area contributed by atoms with E-state index in [0.29, 0.717) is 12.3 Å². The molecule has 1 aromatic carbocycles. The number of carbonyl (C=O) groups excluding carboxylic acids is 1. The Labute approximate surface area is 116 Å². The summed E-state index contributed by atoms with van der Waals surface area (Å²) in [6.45, 7) is 2.92. The third-order valence-corrected chi connectivity index (χ3v) is 4.36. The molecule has 1 heterocycles.